The maximum atomic E-state index is 5.86. The first-order chi connectivity index (χ1) is 12.2. The van der Waals surface area contributed by atoms with Gasteiger partial charge in [0.1, 0.15) is 0 Å². The molecule has 6 nitrogen and oxygen atoms in total. The molecule has 1 fully saturated rings. The highest BCUT2D eigenvalue weighted by Gasteiger charge is 2.23. The molecule has 0 amide bonds. The van der Waals surface area contributed by atoms with Crippen LogP contribution in [0, 0.1) is 0 Å². The maximum Gasteiger partial charge on any atom is 0.0729 e. The minimum absolute atomic E-state index is 0.254. The molecule has 1 aromatic heterocycles. The van der Waals surface area contributed by atoms with Gasteiger partial charge in [-0.1, -0.05) is 18.2 Å². The van der Waals surface area contributed by atoms with Crippen LogP contribution < -0.4 is 10.2 Å². The van der Waals surface area contributed by atoms with Gasteiger partial charge in [-0.3, -0.25) is 4.68 Å². The van der Waals surface area contributed by atoms with Crippen molar-refractivity contribution in [2.24, 2.45) is 0 Å². The summed E-state index contributed by atoms with van der Waals surface area (Å²) in [6, 6.07) is 8.58. The van der Waals surface area contributed by atoms with E-state index >= 15 is 0 Å². The molecule has 2 heterocycles. The number of aromatic nitrogens is 2. The second kappa shape index (κ2) is 8.36. The first-order valence-corrected chi connectivity index (χ1v) is 8.89. The fraction of sp³-hybridized carbons (Fsp3) is 0.526. The first kappa shape index (κ1) is 17.8. The van der Waals surface area contributed by atoms with E-state index in [9.17, 15) is 0 Å². The van der Waals surface area contributed by atoms with Crippen LogP contribution in [0.4, 0.5) is 11.4 Å². The van der Waals surface area contributed by atoms with Crippen LogP contribution in [0.5, 0.6) is 0 Å². The van der Waals surface area contributed by atoms with E-state index in [1.807, 2.05) is 17.1 Å². The third-order valence-electron chi connectivity index (χ3n) is 4.39. The Bertz CT molecular complexity index is 663. The summed E-state index contributed by atoms with van der Waals surface area (Å²) in [5.74, 6) is 0. The fourth-order valence-corrected chi connectivity index (χ4v) is 3.30. The number of anilines is 2. The van der Waals surface area contributed by atoms with Crippen LogP contribution >= 0.6 is 0 Å². The molecule has 0 radical (unpaired) electrons. The van der Waals surface area contributed by atoms with E-state index in [4.69, 9.17) is 9.47 Å². The van der Waals surface area contributed by atoms with E-state index < -0.39 is 0 Å². The summed E-state index contributed by atoms with van der Waals surface area (Å²) in [4.78, 5) is 2.43. The van der Waals surface area contributed by atoms with E-state index in [0.29, 0.717) is 6.61 Å². The topological polar surface area (TPSA) is 51.5 Å². The number of nitrogens with one attached hydrogen (secondary N) is 1. The van der Waals surface area contributed by atoms with E-state index in [-0.39, 0.29) is 12.2 Å². The minimum Gasteiger partial charge on any atom is -0.383 e. The van der Waals surface area contributed by atoms with Crippen molar-refractivity contribution in [1.29, 1.82) is 0 Å². The van der Waals surface area contributed by atoms with E-state index in [2.05, 4.69) is 53.4 Å². The summed E-state index contributed by atoms with van der Waals surface area (Å²) >= 11 is 0. The largest absolute Gasteiger partial charge is 0.383 e. The second-order valence-electron chi connectivity index (χ2n) is 6.63. The van der Waals surface area contributed by atoms with Crippen molar-refractivity contribution in [3.63, 3.8) is 0 Å². The van der Waals surface area contributed by atoms with Crippen molar-refractivity contribution < 1.29 is 9.47 Å². The molecular formula is C19H28N4O2. The van der Waals surface area contributed by atoms with Crippen molar-refractivity contribution >= 4 is 11.4 Å². The molecular weight excluding hydrogens is 316 g/mol. The van der Waals surface area contributed by atoms with Gasteiger partial charge in [-0.25, -0.2) is 0 Å². The van der Waals surface area contributed by atoms with Crippen LogP contribution in [0.15, 0.2) is 36.7 Å². The number of hydrogen-bond acceptors (Lipinski definition) is 5. The van der Waals surface area contributed by atoms with Crippen molar-refractivity contribution in [2.75, 3.05) is 37.0 Å². The Balaban J connectivity index is 1.66. The second-order valence-corrected chi connectivity index (χ2v) is 6.63. The molecule has 0 bridgehead atoms. The molecule has 0 saturated carbocycles. The molecule has 2 atom stereocenters. The predicted molar refractivity (Wildman–Crippen MR) is 100 cm³/mol. The van der Waals surface area contributed by atoms with Crippen LogP contribution in [0.3, 0.4) is 0 Å². The van der Waals surface area contributed by atoms with Crippen LogP contribution in [-0.4, -0.2) is 48.8 Å². The lowest BCUT2D eigenvalue weighted by Crippen LogP contribution is -2.45. The normalized spacial score (nSPS) is 20.7. The standard InChI is InChI=1S/C19H28N4O2/c1-15-12-22(13-16(2)25-15)19-7-5-4-6-17(19)10-20-18-11-21-23(14-18)8-9-24-3/h4-7,11,14-16,20H,8-10,12-13H2,1-3H3/t15-,16+. The van der Waals surface area contributed by atoms with Gasteiger partial charge in [-0.2, -0.15) is 5.10 Å². The average Bonchev–Trinajstić information content (AvgIpc) is 3.05. The minimum atomic E-state index is 0.254. The first-order valence-electron chi connectivity index (χ1n) is 8.89. The third-order valence-corrected chi connectivity index (χ3v) is 4.39. The molecule has 1 aromatic carbocycles. The number of rotatable bonds is 7. The van der Waals surface area contributed by atoms with Gasteiger partial charge in [-0.15, -0.1) is 0 Å². The fourth-order valence-electron chi connectivity index (χ4n) is 3.30. The third kappa shape index (κ3) is 4.74. The molecule has 136 valence electrons. The van der Waals surface area contributed by atoms with Gasteiger partial charge >= 0.3 is 0 Å². The van der Waals surface area contributed by atoms with Gasteiger partial charge in [0, 0.05) is 38.6 Å². The van der Waals surface area contributed by atoms with Crippen molar-refractivity contribution in [1.82, 2.24) is 9.78 Å². The Kier molecular flexibility index (Phi) is 5.94. The Morgan fingerprint density at radius 1 is 1.24 bits per heavy atom. The molecule has 1 aliphatic heterocycles. The van der Waals surface area contributed by atoms with Crippen LogP contribution in [0.1, 0.15) is 19.4 Å². The number of nitrogens with zero attached hydrogens (tertiary/aromatic N) is 3. The summed E-state index contributed by atoms with van der Waals surface area (Å²) in [7, 11) is 1.70. The van der Waals surface area contributed by atoms with Crippen LogP contribution in [-0.2, 0) is 22.6 Å². The lowest BCUT2D eigenvalue weighted by molar-refractivity contribution is -0.00525. The molecule has 2 aromatic rings. The number of para-hydroxylation sites is 1. The number of ether oxygens (including phenoxy) is 2. The zero-order chi connectivity index (χ0) is 17.6. The number of morpholine rings is 1. The summed E-state index contributed by atoms with van der Waals surface area (Å²) in [6.45, 7) is 8.32. The summed E-state index contributed by atoms with van der Waals surface area (Å²) in [5.41, 5.74) is 3.59. The molecule has 6 heteroatoms. The summed E-state index contributed by atoms with van der Waals surface area (Å²) in [6.07, 6.45) is 4.38. The Hall–Kier alpha value is -2.05. The quantitative estimate of drug-likeness (QED) is 0.837. The van der Waals surface area contributed by atoms with Crippen LogP contribution in [0.25, 0.3) is 0 Å². The highest BCUT2D eigenvalue weighted by Crippen LogP contribution is 2.25. The Morgan fingerprint density at radius 3 is 2.76 bits per heavy atom. The lowest BCUT2D eigenvalue weighted by atomic mass is 10.1. The monoisotopic (exact) mass is 344 g/mol. The molecule has 0 spiro atoms. The predicted octanol–water partition coefficient (Wildman–Crippen LogP) is 2.76. The smallest absolute Gasteiger partial charge is 0.0729 e. The molecule has 25 heavy (non-hydrogen) atoms. The van der Waals surface area contributed by atoms with E-state index in [0.717, 1.165) is 31.9 Å². The van der Waals surface area contributed by atoms with Crippen molar-refractivity contribution in [2.45, 2.75) is 39.1 Å². The maximum absolute atomic E-state index is 5.86. The van der Waals surface area contributed by atoms with E-state index in [1.54, 1.807) is 7.11 Å². The molecule has 0 unspecified atom stereocenters. The van der Waals surface area contributed by atoms with Crippen molar-refractivity contribution in [3.05, 3.63) is 42.2 Å². The number of hydrogen-bond donors (Lipinski definition) is 1. The number of methoxy groups -OCH3 is 1. The van der Waals surface area contributed by atoms with Crippen LogP contribution in [0.2, 0.25) is 0 Å². The molecule has 1 aliphatic rings. The molecule has 0 aliphatic carbocycles. The highest BCUT2D eigenvalue weighted by molar-refractivity contribution is 5.55. The Labute approximate surface area is 149 Å². The van der Waals surface area contributed by atoms with Crippen molar-refractivity contribution in [3.8, 4) is 0 Å². The van der Waals surface area contributed by atoms with Gasteiger partial charge in [0.05, 0.1) is 37.2 Å². The molecule has 1 N–H and O–H groups in total. The van der Waals surface area contributed by atoms with Gasteiger partial charge in [0.15, 0.2) is 0 Å². The van der Waals surface area contributed by atoms with Gasteiger partial charge in [0.25, 0.3) is 0 Å². The molecule has 3 rings (SSSR count). The summed E-state index contributed by atoms with van der Waals surface area (Å²) < 4.78 is 12.8. The van der Waals surface area contributed by atoms with E-state index in [1.165, 1.54) is 11.3 Å². The summed E-state index contributed by atoms with van der Waals surface area (Å²) in [5, 5.41) is 7.82. The zero-order valence-corrected chi connectivity index (χ0v) is 15.3. The van der Waals surface area contributed by atoms with Gasteiger partial charge in [0.2, 0.25) is 0 Å². The average molecular weight is 344 g/mol. The highest BCUT2D eigenvalue weighted by atomic mass is 16.5. The number of benzene rings is 1. The Morgan fingerprint density at radius 2 is 2.00 bits per heavy atom. The van der Waals surface area contributed by atoms with Gasteiger partial charge < -0.3 is 19.7 Å². The zero-order valence-electron chi connectivity index (χ0n) is 15.3. The SMILES string of the molecule is COCCn1cc(NCc2ccccc2N2C[C@@H](C)O[C@@H](C)C2)cn1. The van der Waals surface area contributed by atoms with Gasteiger partial charge in [-0.05, 0) is 25.5 Å². The molecule has 1 saturated heterocycles. The lowest BCUT2D eigenvalue weighted by Gasteiger charge is -2.37.